The van der Waals surface area contributed by atoms with Gasteiger partial charge in [0.05, 0.1) is 7.11 Å². The molecule has 2 rings (SSSR count). The molecule has 0 N–H and O–H groups in total. The van der Waals surface area contributed by atoms with Gasteiger partial charge < -0.3 is 9.47 Å². The lowest BCUT2D eigenvalue weighted by Gasteiger charge is -2.07. The molecule has 0 saturated carbocycles. The predicted octanol–water partition coefficient (Wildman–Crippen LogP) is 2.96. The fraction of sp³-hybridized carbons (Fsp3) is 0.182. The van der Waals surface area contributed by atoms with Crippen LogP contribution in [0.15, 0.2) is 24.3 Å². The Labute approximate surface area is 96.8 Å². The van der Waals surface area contributed by atoms with Crippen molar-refractivity contribution in [2.75, 3.05) is 13.2 Å². The van der Waals surface area contributed by atoms with Crippen molar-refractivity contribution < 1.29 is 13.9 Å². The van der Waals surface area contributed by atoms with Crippen LogP contribution in [0.4, 0.5) is 4.39 Å². The molecule has 0 unspecified atom stereocenters. The van der Waals surface area contributed by atoms with E-state index in [9.17, 15) is 4.39 Å². The number of methoxy groups -OCH3 is 1. The van der Waals surface area contributed by atoms with E-state index < -0.39 is 5.82 Å². The summed E-state index contributed by atoms with van der Waals surface area (Å²) in [6.45, 7) is 0. The Morgan fingerprint density at radius 3 is 2.81 bits per heavy atom. The van der Waals surface area contributed by atoms with Crippen LogP contribution in [0.2, 0.25) is 0 Å². The van der Waals surface area contributed by atoms with E-state index in [1.807, 2.05) is 0 Å². The molecule has 0 aliphatic rings. The molecule has 5 heteroatoms. The largest absolute Gasteiger partial charge is 0.481 e. The third-order valence-electron chi connectivity index (χ3n) is 2.16. The molecule has 0 aliphatic heterocycles. The van der Waals surface area contributed by atoms with Crippen molar-refractivity contribution in [3.63, 3.8) is 0 Å². The molecule has 84 valence electrons. The van der Waals surface area contributed by atoms with E-state index in [0.29, 0.717) is 17.0 Å². The number of ether oxygens (including phenoxy) is 2. The Balaban J connectivity index is 2.65. The third kappa shape index (κ3) is 1.88. The van der Waals surface area contributed by atoms with Crippen LogP contribution < -0.4 is 9.47 Å². The van der Waals surface area contributed by atoms with Crippen LogP contribution in [-0.2, 0) is 0 Å². The van der Waals surface area contributed by atoms with Crippen molar-refractivity contribution >= 4 is 22.5 Å². The molecular formula is C11H9ClFNO2. The van der Waals surface area contributed by atoms with Gasteiger partial charge in [0.15, 0.2) is 6.07 Å². The number of benzene rings is 1. The lowest BCUT2D eigenvalue weighted by atomic mass is 10.2. The molecule has 2 aromatic rings. The maximum Gasteiger partial charge on any atom is 0.213 e. The van der Waals surface area contributed by atoms with Crippen molar-refractivity contribution in [2.45, 2.75) is 0 Å². The highest BCUT2D eigenvalue weighted by molar-refractivity contribution is 6.17. The molecule has 0 saturated heterocycles. The molecule has 0 aliphatic carbocycles. The van der Waals surface area contributed by atoms with Gasteiger partial charge in [0, 0.05) is 11.5 Å². The quantitative estimate of drug-likeness (QED) is 0.775. The van der Waals surface area contributed by atoms with Gasteiger partial charge in [0.25, 0.3) is 0 Å². The first-order chi connectivity index (χ1) is 7.76. The van der Waals surface area contributed by atoms with E-state index >= 15 is 0 Å². The smallest absolute Gasteiger partial charge is 0.213 e. The first-order valence-corrected chi connectivity index (χ1v) is 5.11. The van der Waals surface area contributed by atoms with E-state index in [0.717, 1.165) is 0 Å². The Hall–Kier alpha value is -1.55. The number of aromatic nitrogens is 1. The Morgan fingerprint density at radius 1 is 1.31 bits per heavy atom. The molecule has 0 radical (unpaired) electrons. The van der Waals surface area contributed by atoms with Crippen molar-refractivity contribution in [2.24, 2.45) is 0 Å². The van der Waals surface area contributed by atoms with Crippen LogP contribution in [0.25, 0.3) is 10.9 Å². The fourth-order valence-electron chi connectivity index (χ4n) is 1.44. The zero-order valence-electron chi connectivity index (χ0n) is 8.54. The second kappa shape index (κ2) is 4.53. The van der Waals surface area contributed by atoms with Crippen LogP contribution in [0, 0.1) is 5.82 Å². The second-order valence-electron chi connectivity index (χ2n) is 3.05. The van der Waals surface area contributed by atoms with Gasteiger partial charge in [-0.2, -0.15) is 0 Å². The third-order valence-corrected chi connectivity index (χ3v) is 2.27. The fourth-order valence-corrected chi connectivity index (χ4v) is 1.56. The number of hydrogen-bond donors (Lipinski definition) is 0. The molecule has 0 fully saturated rings. The van der Waals surface area contributed by atoms with Crippen LogP contribution in [0.3, 0.4) is 0 Å². The highest BCUT2D eigenvalue weighted by Gasteiger charge is 2.09. The highest BCUT2D eigenvalue weighted by atomic mass is 35.5. The van der Waals surface area contributed by atoms with Crippen molar-refractivity contribution in [1.82, 2.24) is 4.98 Å². The van der Waals surface area contributed by atoms with Gasteiger partial charge in [-0.15, -0.1) is 0 Å². The average molecular weight is 242 g/mol. The number of fused-ring (bicyclic) bond motifs is 1. The number of halogens is 2. The number of pyridine rings is 1. The van der Waals surface area contributed by atoms with Crippen LogP contribution in [-0.4, -0.2) is 18.2 Å². The number of nitrogens with zero attached hydrogens (tertiary/aromatic N) is 1. The summed E-state index contributed by atoms with van der Waals surface area (Å²) in [6, 6.07) is 6.15. The first kappa shape index (κ1) is 11.0. The highest BCUT2D eigenvalue weighted by Crippen LogP contribution is 2.28. The van der Waals surface area contributed by atoms with Gasteiger partial charge in [-0.25, -0.2) is 9.37 Å². The summed E-state index contributed by atoms with van der Waals surface area (Å²) in [5.74, 6) is 0.437. The second-order valence-corrected chi connectivity index (χ2v) is 3.27. The molecule has 0 atom stereocenters. The lowest BCUT2D eigenvalue weighted by molar-refractivity contribution is 0.390. The van der Waals surface area contributed by atoms with Crippen molar-refractivity contribution in [1.29, 1.82) is 0 Å². The van der Waals surface area contributed by atoms with Gasteiger partial charge in [-0.05, 0) is 18.2 Å². The summed E-state index contributed by atoms with van der Waals surface area (Å²) >= 11 is 5.47. The summed E-state index contributed by atoms with van der Waals surface area (Å²) in [5.41, 5.74) is 0.210. The molecule has 1 aromatic heterocycles. The van der Waals surface area contributed by atoms with Gasteiger partial charge in [0.2, 0.25) is 5.88 Å². The Kier molecular flexibility index (Phi) is 3.10. The molecule has 1 heterocycles. The van der Waals surface area contributed by atoms with Gasteiger partial charge >= 0.3 is 0 Å². The Morgan fingerprint density at radius 2 is 2.12 bits per heavy atom. The summed E-state index contributed by atoms with van der Waals surface area (Å²) < 4.78 is 23.6. The summed E-state index contributed by atoms with van der Waals surface area (Å²) in [6.07, 6.45) is 0. The van der Waals surface area contributed by atoms with Gasteiger partial charge in [0.1, 0.15) is 17.1 Å². The van der Waals surface area contributed by atoms with E-state index in [1.54, 1.807) is 12.1 Å². The van der Waals surface area contributed by atoms with Crippen LogP contribution in [0.5, 0.6) is 11.6 Å². The number of alkyl halides is 1. The molecule has 0 bridgehead atoms. The van der Waals surface area contributed by atoms with E-state index in [2.05, 4.69) is 4.98 Å². The molecule has 3 nitrogen and oxygen atoms in total. The summed E-state index contributed by atoms with van der Waals surface area (Å²) in [4.78, 5) is 4.02. The van der Waals surface area contributed by atoms with Crippen molar-refractivity contribution in [3.8, 4) is 11.6 Å². The van der Waals surface area contributed by atoms with Gasteiger partial charge in [-0.3, -0.25) is 0 Å². The Bertz CT molecular complexity index is 519. The van der Waals surface area contributed by atoms with Crippen LogP contribution in [0.1, 0.15) is 0 Å². The standard InChI is InChI=1S/C11H9ClFNO2/c1-15-10-5-2-7-9(16-6-12)4-3-8(13)11(7)14-10/h2-5H,6H2,1H3. The number of hydrogen-bond acceptors (Lipinski definition) is 3. The maximum atomic E-state index is 13.5. The minimum absolute atomic E-state index is 0.00671. The van der Waals surface area contributed by atoms with Crippen LogP contribution >= 0.6 is 11.6 Å². The van der Waals surface area contributed by atoms with E-state index in [1.165, 1.54) is 19.2 Å². The van der Waals surface area contributed by atoms with E-state index in [-0.39, 0.29) is 11.6 Å². The molecule has 0 amide bonds. The maximum absolute atomic E-state index is 13.5. The zero-order chi connectivity index (χ0) is 11.5. The zero-order valence-corrected chi connectivity index (χ0v) is 9.29. The van der Waals surface area contributed by atoms with Crippen molar-refractivity contribution in [3.05, 3.63) is 30.1 Å². The molecular weight excluding hydrogens is 233 g/mol. The SMILES string of the molecule is COc1ccc2c(OCCl)ccc(F)c2n1. The summed E-state index contributed by atoms with van der Waals surface area (Å²) in [7, 11) is 1.48. The number of rotatable bonds is 3. The van der Waals surface area contributed by atoms with E-state index in [4.69, 9.17) is 21.1 Å². The minimum Gasteiger partial charge on any atom is -0.481 e. The van der Waals surface area contributed by atoms with Gasteiger partial charge in [-0.1, -0.05) is 11.6 Å². The first-order valence-electron chi connectivity index (χ1n) is 4.58. The molecule has 0 spiro atoms. The summed E-state index contributed by atoms with van der Waals surface area (Å²) in [5, 5.41) is 0.571. The molecule has 16 heavy (non-hydrogen) atoms. The predicted molar refractivity (Wildman–Crippen MR) is 59.6 cm³/mol. The minimum atomic E-state index is -0.421. The average Bonchev–Trinajstić information content (AvgIpc) is 2.33. The molecule has 1 aromatic carbocycles. The normalized spacial score (nSPS) is 10.4. The monoisotopic (exact) mass is 241 g/mol. The lowest BCUT2D eigenvalue weighted by Crippen LogP contribution is -1.94. The topological polar surface area (TPSA) is 31.4 Å².